The number of pyridine rings is 1. The van der Waals surface area contributed by atoms with Crippen molar-refractivity contribution in [2.75, 3.05) is 37.3 Å². The fourth-order valence-corrected chi connectivity index (χ4v) is 3.49. The predicted molar refractivity (Wildman–Crippen MR) is 79.7 cm³/mol. The van der Waals surface area contributed by atoms with E-state index < -0.39 is 10.0 Å². The molecule has 0 spiro atoms. The molecule has 0 aliphatic carbocycles. The maximum atomic E-state index is 11.5. The van der Waals surface area contributed by atoms with Gasteiger partial charge in [0.15, 0.2) is 5.82 Å². The molecule has 3 rings (SSSR count). The Hall–Kier alpha value is -1.64. The van der Waals surface area contributed by atoms with E-state index in [2.05, 4.69) is 4.98 Å². The SMILES string of the molecule is CS(=O)(=O)N1CCN(c2nc3ccccn3c2CO)CC1. The molecule has 1 saturated heterocycles. The first-order valence-corrected chi connectivity index (χ1v) is 8.62. The first kappa shape index (κ1) is 14.3. The van der Waals surface area contributed by atoms with Crippen molar-refractivity contribution >= 4 is 21.5 Å². The van der Waals surface area contributed by atoms with E-state index in [1.165, 1.54) is 10.6 Å². The summed E-state index contributed by atoms with van der Waals surface area (Å²) in [6.45, 7) is 1.93. The van der Waals surface area contributed by atoms with E-state index in [0.29, 0.717) is 26.2 Å². The molecule has 0 unspecified atom stereocenters. The molecule has 1 fully saturated rings. The van der Waals surface area contributed by atoms with Gasteiger partial charge in [-0.3, -0.25) is 4.40 Å². The summed E-state index contributed by atoms with van der Waals surface area (Å²) in [6.07, 6.45) is 3.09. The molecule has 1 aliphatic heterocycles. The molecular formula is C13H18N4O3S. The molecule has 0 bridgehead atoms. The number of aromatic nitrogens is 2. The Balaban J connectivity index is 1.89. The van der Waals surface area contributed by atoms with Crippen molar-refractivity contribution in [1.29, 1.82) is 0 Å². The summed E-state index contributed by atoms with van der Waals surface area (Å²) < 4.78 is 26.4. The Bertz CT molecular complexity index is 748. The molecule has 7 nitrogen and oxygen atoms in total. The number of rotatable bonds is 3. The van der Waals surface area contributed by atoms with Gasteiger partial charge in [-0.2, -0.15) is 4.31 Å². The molecule has 0 saturated carbocycles. The van der Waals surface area contributed by atoms with Crippen LogP contribution in [-0.2, 0) is 16.6 Å². The van der Waals surface area contributed by atoms with Gasteiger partial charge in [0, 0.05) is 32.4 Å². The van der Waals surface area contributed by atoms with Gasteiger partial charge < -0.3 is 10.0 Å². The van der Waals surface area contributed by atoms with E-state index in [-0.39, 0.29) is 6.61 Å². The standard InChI is InChI=1S/C13H18N4O3S/c1-21(19,20)16-8-6-15(7-9-16)13-11(10-18)17-5-3-2-4-12(17)14-13/h2-5,18H,6-10H2,1H3. The zero-order chi connectivity index (χ0) is 15.0. The molecule has 2 aromatic heterocycles. The minimum absolute atomic E-state index is 0.104. The second kappa shape index (κ2) is 5.28. The fraction of sp³-hybridized carbons (Fsp3) is 0.462. The van der Waals surface area contributed by atoms with Gasteiger partial charge in [0.2, 0.25) is 10.0 Å². The number of fused-ring (bicyclic) bond motifs is 1. The molecule has 1 aliphatic rings. The van der Waals surface area contributed by atoms with Crippen LogP contribution < -0.4 is 4.90 Å². The number of sulfonamides is 1. The average Bonchev–Trinajstić information content (AvgIpc) is 2.85. The zero-order valence-corrected chi connectivity index (χ0v) is 12.6. The highest BCUT2D eigenvalue weighted by molar-refractivity contribution is 7.88. The molecule has 114 valence electrons. The lowest BCUT2D eigenvalue weighted by Gasteiger charge is -2.33. The molecule has 0 aromatic carbocycles. The lowest BCUT2D eigenvalue weighted by Crippen LogP contribution is -2.48. The maximum Gasteiger partial charge on any atom is 0.211 e. The van der Waals surface area contributed by atoms with Gasteiger partial charge in [0.1, 0.15) is 5.65 Å². The van der Waals surface area contributed by atoms with Crippen LogP contribution in [0.5, 0.6) is 0 Å². The Labute approximate surface area is 123 Å². The molecule has 21 heavy (non-hydrogen) atoms. The minimum atomic E-state index is -3.14. The molecule has 0 radical (unpaired) electrons. The van der Waals surface area contributed by atoms with Crippen LogP contribution in [0.2, 0.25) is 0 Å². The van der Waals surface area contributed by atoms with E-state index in [1.807, 2.05) is 33.7 Å². The molecule has 2 aromatic rings. The van der Waals surface area contributed by atoms with E-state index >= 15 is 0 Å². The number of aliphatic hydroxyl groups excluding tert-OH is 1. The smallest absolute Gasteiger partial charge is 0.211 e. The van der Waals surface area contributed by atoms with Crippen molar-refractivity contribution < 1.29 is 13.5 Å². The van der Waals surface area contributed by atoms with Crippen LogP contribution >= 0.6 is 0 Å². The van der Waals surface area contributed by atoms with E-state index in [0.717, 1.165) is 17.2 Å². The fourth-order valence-electron chi connectivity index (χ4n) is 2.67. The number of imidazole rings is 1. The minimum Gasteiger partial charge on any atom is -0.390 e. The van der Waals surface area contributed by atoms with E-state index in [1.54, 1.807) is 0 Å². The predicted octanol–water partition coefficient (Wildman–Crippen LogP) is -0.0918. The van der Waals surface area contributed by atoms with Crippen molar-refractivity contribution in [1.82, 2.24) is 13.7 Å². The molecule has 8 heteroatoms. The Morgan fingerprint density at radius 2 is 1.95 bits per heavy atom. The van der Waals surface area contributed by atoms with Crippen LogP contribution in [0.25, 0.3) is 5.65 Å². The summed E-state index contributed by atoms with van der Waals surface area (Å²) >= 11 is 0. The van der Waals surface area contributed by atoms with Crippen molar-refractivity contribution in [2.45, 2.75) is 6.61 Å². The van der Waals surface area contributed by atoms with Crippen LogP contribution in [-0.4, -0.2) is 59.6 Å². The van der Waals surface area contributed by atoms with Crippen molar-refractivity contribution in [2.24, 2.45) is 0 Å². The van der Waals surface area contributed by atoms with Gasteiger partial charge in [-0.05, 0) is 12.1 Å². The van der Waals surface area contributed by atoms with Gasteiger partial charge in [-0.1, -0.05) is 6.07 Å². The highest BCUT2D eigenvalue weighted by Crippen LogP contribution is 2.23. The molecule has 3 heterocycles. The highest BCUT2D eigenvalue weighted by Gasteiger charge is 2.26. The molecule has 0 atom stereocenters. The third-order valence-corrected chi connectivity index (χ3v) is 5.07. The largest absolute Gasteiger partial charge is 0.390 e. The summed E-state index contributed by atoms with van der Waals surface area (Å²) in [5, 5.41) is 9.62. The first-order valence-electron chi connectivity index (χ1n) is 6.77. The van der Waals surface area contributed by atoms with Crippen molar-refractivity contribution in [3.8, 4) is 0 Å². The van der Waals surface area contributed by atoms with Gasteiger partial charge in [-0.15, -0.1) is 0 Å². The quantitative estimate of drug-likeness (QED) is 0.857. The summed E-state index contributed by atoms with van der Waals surface area (Å²) in [5.74, 6) is 0.733. The van der Waals surface area contributed by atoms with Crippen LogP contribution in [0.1, 0.15) is 5.69 Å². The Kier molecular flexibility index (Phi) is 3.60. The van der Waals surface area contributed by atoms with Crippen LogP contribution in [0.4, 0.5) is 5.82 Å². The van der Waals surface area contributed by atoms with Crippen molar-refractivity contribution in [3.05, 3.63) is 30.1 Å². The number of aliphatic hydroxyl groups is 1. The summed E-state index contributed by atoms with van der Waals surface area (Å²) in [6, 6.07) is 5.67. The first-order chi connectivity index (χ1) is 10.0. The maximum absolute atomic E-state index is 11.5. The Morgan fingerprint density at radius 3 is 2.57 bits per heavy atom. The number of hydrogen-bond donors (Lipinski definition) is 1. The molecular weight excluding hydrogens is 292 g/mol. The summed E-state index contributed by atoms with van der Waals surface area (Å²) in [5.41, 5.74) is 1.51. The van der Waals surface area contributed by atoms with Gasteiger partial charge >= 0.3 is 0 Å². The normalized spacial score (nSPS) is 17.5. The number of hydrogen-bond acceptors (Lipinski definition) is 5. The lowest BCUT2D eigenvalue weighted by atomic mass is 10.3. The van der Waals surface area contributed by atoms with E-state index in [4.69, 9.17) is 0 Å². The molecule has 0 amide bonds. The number of nitrogens with zero attached hydrogens (tertiary/aromatic N) is 4. The second-order valence-corrected chi connectivity index (χ2v) is 7.10. The van der Waals surface area contributed by atoms with Crippen LogP contribution in [0.15, 0.2) is 24.4 Å². The third kappa shape index (κ3) is 2.61. The monoisotopic (exact) mass is 310 g/mol. The number of anilines is 1. The third-order valence-electron chi connectivity index (χ3n) is 3.76. The summed E-state index contributed by atoms with van der Waals surface area (Å²) in [4.78, 5) is 6.58. The van der Waals surface area contributed by atoms with Gasteiger partial charge in [-0.25, -0.2) is 13.4 Å². The van der Waals surface area contributed by atoms with Crippen LogP contribution in [0, 0.1) is 0 Å². The van der Waals surface area contributed by atoms with Crippen LogP contribution in [0.3, 0.4) is 0 Å². The highest BCUT2D eigenvalue weighted by atomic mass is 32.2. The zero-order valence-electron chi connectivity index (χ0n) is 11.8. The average molecular weight is 310 g/mol. The number of piperazine rings is 1. The summed E-state index contributed by atoms with van der Waals surface area (Å²) in [7, 11) is -3.14. The van der Waals surface area contributed by atoms with Crippen molar-refractivity contribution in [3.63, 3.8) is 0 Å². The topological polar surface area (TPSA) is 78.2 Å². The lowest BCUT2D eigenvalue weighted by molar-refractivity contribution is 0.275. The Morgan fingerprint density at radius 1 is 1.24 bits per heavy atom. The molecule has 1 N–H and O–H groups in total. The van der Waals surface area contributed by atoms with Gasteiger partial charge in [0.05, 0.1) is 18.6 Å². The van der Waals surface area contributed by atoms with Gasteiger partial charge in [0.25, 0.3) is 0 Å². The van der Waals surface area contributed by atoms with E-state index in [9.17, 15) is 13.5 Å². The second-order valence-electron chi connectivity index (χ2n) is 5.12.